The van der Waals surface area contributed by atoms with Crippen LogP contribution in [0.4, 0.5) is 8.78 Å². The highest BCUT2D eigenvalue weighted by Gasteiger charge is 2.10. The van der Waals surface area contributed by atoms with Gasteiger partial charge in [0, 0.05) is 6.04 Å². The second-order valence-corrected chi connectivity index (χ2v) is 4.24. The summed E-state index contributed by atoms with van der Waals surface area (Å²) >= 11 is 0. The van der Waals surface area contributed by atoms with Crippen molar-refractivity contribution in [2.75, 3.05) is 7.05 Å². The van der Waals surface area contributed by atoms with Crippen molar-refractivity contribution in [2.45, 2.75) is 13.0 Å². The summed E-state index contributed by atoms with van der Waals surface area (Å²) in [6, 6.07) is 11.3. The van der Waals surface area contributed by atoms with Crippen molar-refractivity contribution in [1.29, 1.82) is 0 Å². The molecule has 100 valence electrons. The number of hydrogen-bond acceptors (Lipinski definition) is 2. The highest BCUT2D eigenvalue weighted by atomic mass is 19.2. The van der Waals surface area contributed by atoms with Crippen LogP contribution in [0.15, 0.2) is 42.5 Å². The van der Waals surface area contributed by atoms with E-state index in [4.69, 9.17) is 4.74 Å². The lowest BCUT2D eigenvalue weighted by Crippen LogP contribution is -2.12. The molecule has 0 heterocycles. The second kappa shape index (κ2) is 5.80. The minimum Gasteiger partial charge on any atom is -0.454 e. The van der Waals surface area contributed by atoms with Crippen molar-refractivity contribution < 1.29 is 13.5 Å². The molecule has 2 aromatic carbocycles. The fourth-order valence-electron chi connectivity index (χ4n) is 1.70. The Labute approximate surface area is 111 Å². The fraction of sp³-hybridized carbons (Fsp3) is 0.200. The Balaban J connectivity index is 2.26. The minimum absolute atomic E-state index is 0.116. The van der Waals surface area contributed by atoms with Crippen LogP contribution in [0, 0.1) is 11.6 Å². The van der Waals surface area contributed by atoms with Crippen LogP contribution in [0.25, 0.3) is 0 Å². The number of ether oxygens (including phenoxy) is 1. The van der Waals surface area contributed by atoms with Gasteiger partial charge in [0.05, 0.1) is 0 Å². The van der Waals surface area contributed by atoms with Crippen molar-refractivity contribution in [1.82, 2.24) is 5.32 Å². The smallest absolute Gasteiger partial charge is 0.201 e. The van der Waals surface area contributed by atoms with E-state index in [0.29, 0.717) is 5.75 Å². The van der Waals surface area contributed by atoms with E-state index in [1.165, 1.54) is 12.1 Å². The molecule has 2 rings (SSSR count). The third kappa shape index (κ3) is 3.09. The van der Waals surface area contributed by atoms with Crippen LogP contribution in [-0.4, -0.2) is 7.05 Å². The molecule has 0 saturated carbocycles. The lowest BCUT2D eigenvalue weighted by molar-refractivity contribution is 0.415. The first-order chi connectivity index (χ1) is 9.11. The highest BCUT2D eigenvalue weighted by molar-refractivity contribution is 5.35. The van der Waals surface area contributed by atoms with Crippen LogP contribution >= 0.6 is 0 Å². The van der Waals surface area contributed by atoms with E-state index >= 15 is 0 Å². The average Bonchev–Trinajstić information content (AvgIpc) is 2.43. The second-order valence-electron chi connectivity index (χ2n) is 4.24. The molecular weight excluding hydrogens is 248 g/mol. The first-order valence-electron chi connectivity index (χ1n) is 6.01. The summed E-state index contributed by atoms with van der Waals surface area (Å²) in [5, 5.41) is 3.10. The van der Waals surface area contributed by atoms with Gasteiger partial charge in [0.1, 0.15) is 5.75 Å². The summed E-state index contributed by atoms with van der Waals surface area (Å²) in [6.45, 7) is 2.00. The normalized spacial score (nSPS) is 12.2. The van der Waals surface area contributed by atoms with Crippen LogP contribution < -0.4 is 10.1 Å². The summed E-state index contributed by atoms with van der Waals surface area (Å²) in [5.41, 5.74) is 1.01. The summed E-state index contributed by atoms with van der Waals surface area (Å²) in [6.07, 6.45) is 0. The van der Waals surface area contributed by atoms with Gasteiger partial charge < -0.3 is 10.1 Å². The lowest BCUT2D eigenvalue weighted by Gasteiger charge is -2.13. The molecular formula is C15H15F2NO. The predicted molar refractivity (Wildman–Crippen MR) is 70.3 cm³/mol. The van der Waals surface area contributed by atoms with Crippen molar-refractivity contribution in [3.05, 3.63) is 59.7 Å². The van der Waals surface area contributed by atoms with Gasteiger partial charge in [-0.2, -0.15) is 4.39 Å². The number of halogens is 2. The Hall–Kier alpha value is -1.94. The van der Waals surface area contributed by atoms with Gasteiger partial charge in [0.15, 0.2) is 11.6 Å². The van der Waals surface area contributed by atoms with E-state index in [1.54, 1.807) is 12.1 Å². The third-order valence-electron chi connectivity index (χ3n) is 2.94. The molecule has 1 atom stereocenters. The number of nitrogens with one attached hydrogen (secondary N) is 1. The molecule has 0 spiro atoms. The summed E-state index contributed by atoms with van der Waals surface area (Å²) in [5.74, 6) is -1.54. The van der Waals surface area contributed by atoms with Gasteiger partial charge in [-0.25, -0.2) is 4.39 Å². The van der Waals surface area contributed by atoms with Crippen molar-refractivity contribution in [3.8, 4) is 11.5 Å². The molecule has 0 radical (unpaired) electrons. The van der Waals surface area contributed by atoms with Gasteiger partial charge in [-0.15, -0.1) is 0 Å². The van der Waals surface area contributed by atoms with E-state index in [-0.39, 0.29) is 11.8 Å². The average molecular weight is 263 g/mol. The highest BCUT2D eigenvalue weighted by Crippen LogP contribution is 2.27. The molecule has 0 aliphatic carbocycles. The van der Waals surface area contributed by atoms with Gasteiger partial charge in [-0.1, -0.05) is 18.2 Å². The molecule has 0 aromatic heterocycles. The van der Waals surface area contributed by atoms with Gasteiger partial charge in [-0.3, -0.25) is 0 Å². The maximum Gasteiger partial charge on any atom is 0.201 e. The molecule has 0 aliphatic heterocycles. The van der Waals surface area contributed by atoms with Crippen molar-refractivity contribution >= 4 is 0 Å². The summed E-state index contributed by atoms with van der Waals surface area (Å²) in [7, 11) is 1.85. The summed E-state index contributed by atoms with van der Waals surface area (Å²) < 4.78 is 32.0. The zero-order valence-electron chi connectivity index (χ0n) is 10.8. The molecule has 0 saturated heterocycles. The van der Waals surface area contributed by atoms with Crippen LogP contribution in [-0.2, 0) is 0 Å². The molecule has 1 unspecified atom stereocenters. The minimum atomic E-state index is -0.977. The van der Waals surface area contributed by atoms with Gasteiger partial charge >= 0.3 is 0 Å². The van der Waals surface area contributed by atoms with Crippen molar-refractivity contribution in [2.24, 2.45) is 0 Å². The zero-order chi connectivity index (χ0) is 13.8. The van der Waals surface area contributed by atoms with E-state index < -0.39 is 11.6 Å². The number of benzene rings is 2. The molecule has 2 aromatic rings. The molecule has 0 bridgehead atoms. The molecule has 1 N–H and O–H groups in total. The van der Waals surface area contributed by atoms with E-state index in [1.807, 2.05) is 26.1 Å². The Morgan fingerprint density at radius 2 is 1.84 bits per heavy atom. The predicted octanol–water partition coefficient (Wildman–Crippen LogP) is 4.04. The molecule has 0 fully saturated rings. The Bertz CT molecular complexity index is 572. The van der Waals surface area contributed by atoms with Crippen molar-refractivity contribution in [3.63, 3.8) is 0 Å². The molecule has 19 heavy (non-hydrogen) atoms. The maximum atomic E-state index is 13.5. The monoisotopic (exact) mass is 263 g/mol. The lowest BCUT2D eigenvalue weighted by atomic mass is 10.1. The third-order valence-corrected chi connectivity index (χ3v) is 2.94. The van der Waals surface area contributed by atoms with E-state index in [9.17, 15) is 8.78 Å². The Morgan fingerprint density at radius 3 is 2.58 bits per heavy atom. The topological polar surface area (TPSA) is 21.3 Å². The van der Waals surface area contributed by atoms with Crippen LogP contribution in [0.3, 0.4) is 0 Å². The SMILES string of the molecule is CNC(C)c1cccc(Oc2cccc(F)c2F)c1. The Kier molecular flexibility index (Phi) is 4.12. The van der Waals surface area contributed by atoms with Crippen LogP contribution in [0.1, 0.15) is 18.5 Å². The number of rotatable bonds is 4. The molecule has 4 heteroatoms. The molecule has 2 nitrogen and oxygen atoms in total. The maximum absolute atomic E-state index is 13.5. The van der Waals surface area contributed by atoms with Crippen LogP contribution in [0.2, 0.25) is 0 Å². The first kappa shape index (κ1) is 13.5. The Morgan fingerprint density at radius 1 is 1.11 bits per heavy atom. The fourth-order valence-corrected chi connectivity index (χ4v) is 1.70. The van der Waals surface area contributed by atoms with Gasteiger partial charge in [-0.05, 0) is 43.8 Å². The number of hydrogen-bond donors (Lipinski definition) is 1. The zero-order valence-corrected chi connectivity index (χ0v) is 10.8. The van der Waals surface area contributed by atoms with Gasteiger partial charge in [0.2, 0.25) is 5.82 Å². The largest absolute Gasteiger partial charge is 0.454 e. The standard InChI is InChI=1S/C15H15F2NO/c1-10(18-2)11-5-3-6-12(9-11)19-14-8-4-7-13(16)15(14)17/h3-10,18H,1-2H3. The summed E-state index contributed by atoms with van der Waals surface area (Å²) in [4.78, 5) is 0. The van der Waals surface area contributed by atoms with Gasteiger partial charge in [0.25, 0.3) is 0 Å². The van der Waals surface area contributed by atoms with Crippen LogP contribution in [0.5, 0.6) is 11.5 Å². The quantitative estimate of drug-likeness (QED) is 0.899. The molecule has 0 aliphatic rings. The molecule has 0 amide bonds. The van der Waals surface area contributed by atoms with E-state index in [0.717, 1.165) is 11.6 Å². The van der Waals surface area contributed by atoms with E-state index in [2.05, 4.69) is 5.32 Å². The first-order valence-corrected chi connectivity index (χ1v) is 6.01.